The van der Waals surface area contributed by atoms with E-state index in [0.29, 0.717) is 29.4 Å². The van der Waals surface area contributed by atoms with Gasteiger partial charge >= 0.3 is 0 Å². The van der Waals surface area contributed by atoms with Crippen LogP contribution in [0.25, 0.3) is 10.9 Å². The highest BCUT2D eigenvalue weighted by atomic mass is 35.5. The fourth-order valence-corrected chi connectivity index (χ4v) is 3.16. The highest BCUT2D eigenvalue weighted by Crippen LogP contribution is 2.31. The van der Waals surface area contributed by atoms with Crippen molar-refractivity contribution in [2.24, 2.45) is 0 Å². The Morgan fingerprint density at radius 3 is 3.04 bits per heavy atom. The van der Waals surface area contributed by atoms with Crippen molar-refractivity contribution in [2.75, 3.05) is 13.1 Å². The summed E-state index contributed by atoms with van der Waals surface area (Å²) in [6, 6.07) is 7.22. The van der Waals surface area contributed by atoms with Gasteiger partial charge in [-0.3, -0.25) is 4.79 Å². The Hall–Kier alpha value is -2.38. The lowest BCUT2D eigenvalue weighted by Crippen LogP contribution is -2.34. The molecule has 1 unspecified atom stereocenters. The van der Waals surface area contributed by atoms with Crippen molar-refractivity contribution in [3.8, 4) is 0 Å². The Labute approximate surface area is 136 Å². The van der Waals surface area contributed by atoms with Crippen molar-refractivity contribution in [3.05, 3.63) is 46.9 Å². The van der Waals surface area contributed by atoms with Crippen molar-refractivity contribution in [2.45, 2.75) is 12.0 Å². The largest absolute Gasteiger partial charge is 0.381 e. The molecule has 0 bridgehead atoms. The van der Waals surface area contributed by atoms with Crippen LogP contribution < -0.4 is 0 Å². The van der Waals surface area contributed by atoms with E-state index in [1.165, 1.54) is 6.20 Å². The van der Waals surface area contributed by atoms with E-state index >= 15 is 0 Å². The number of hydrogen-bond donors (Lipinski definition) is 3. The number of amides is 1. The first-order valence-corrected chi connectivity index (χ1v) is 7.59. The van der Waals surface area contributed by atoms with Gasteiger partial charge in [0.1, 0.15) is 17.0 Å². The normalized spacial score (nSPS) is 21.2. The highest BCUT2D eigenvalue weighted by molar-refractivity contribution is 6.31. The number of carbonyl (C=O) groups excluding carboxylic acids is 1. The fourth-order valence-electron chi connectivity index (χ4n) is 2.99. The van der Waals surface area contributed by atoms with Gasteiger partial charge in [-0.1, -0.05) is 17.7 Å². The van der Waals surface area contributed by atoms with Gasteiger partial charge < -0.3 is 15.0 Å². The number of nitrogens with one attached hydrogen (secondary N) is 2. The Bertz CT molecular complexity index is 875. The maximum atomic E-state index is 12.7. The van der Waals surface area contributed by atoms with Gasteiger partial charge in [0.05, 0.1) is 12.7 Å². The van der Waals surface area contributed by atoms with Crippen LogP contribution in [0.3, 0.4) is 0 Å². The van der Waals surface area contributed by atoms with Crippen LogP contribution in [0.15, 0.2) is 30.5 Å². The summed E-state index contributed by atoms with van der Waals surface area (Å²) in [5.74, 6) is -0.156. The molecule has 1 aromatic carbocycles. The van der Waals surface area contributed by atoms with E-state index < -0.39 is 5.60 Å². The average molecular weight is 332 g/mol. The molecule has 1 amide bonds. The quantitative estimate of drug-likeness (QED) is 0.665. The molecule has 3 N–H and O–H groups in total. The first kappa shape index (κ1) is 14.2. The van der Waals surface area contributed by atoms with Crippen molar-refractivity contribution >= 4 is 28.4 Å². The van der Waals surface area contributed by atoms with Crippen molar-refractivity contribution in [3.63, 3.8) is 0 Å². The number of hydrogen-bond acceptors (Lipinski definition) is 4. The number of nitrogens with zero attached hydrogens (tertiary/aromatic N) is 3. The third kappa shape index (κ3) is 2.38. The zero-order chi connectivity index (χ0) is 16.0. The second-order valence-electron chi connectivity index (χ2n) is 5.78. The molecule has 3 aromatic rings. The molecule has 0 radical (unpaired) electrons. The number of benzene rings is 1. The average Bonchev–Trinajstić information content (AvgIpc) is 3.25. The molecule has 1 atom stereocenters. The van der Waals surface area contributed by atoms with E-state index in [-0.39, 0.29) is 12.5 Å². The zero-order valence-corrected chi connectivity index (χ0v) is 12.8. The topological polar surface area (TPSA) is 97.9 Å². The number of H-pyrrole nitrogens is 2. The van der Waals surface area contributed by atoms with Crippen LogP contribution in [0.2, 0.25) is 5.02 Å². The Morgan fingerprint density at radius 1 is 1.39 bits per heavy atom. The Morgan fingerprint density at radius 2 is 2.26 bits per heavy atom. The smallest absolute Gasteiger partial charge is 0.270 e. The number of aliphatic hydroxyl groups is 1. The van der Waals surface area contributed by atoms with Crippen LogP contribution in [-0.2, 0) is 5.60 Å². The summed E-state index contributed by atoms with van der Waals surface area (Å²) in [5.41, 5.74) is 0.590. The molecule has 23 heavy (non-hydrogen) atoms. The summed E-state index contributed by atoms with van der Waals surface area (Å²) in [4.78, 5) is 17.4. The van der Waals surface area contributed by atoms with E-state index in [1.54, 1.807) is 23.1 Å². The predicted molar refractivity (Wildman–Crippen MR) is 84.1 cm³/mol. The number of rotatable bonds is 2. The van der Waals surface area contributed by atoms with E-state index in [4.69, 9.17) is 11.6 Å². The minimum Gasteiger partial charge on any atom is -0.381 e. The fraction of sp³-hybridized carbons (Fsp3) is 0.267. The summed E-state index contributed by atoms with van der Waals surface area (Å²) in [6.45, 7) is 0.646. The van der Waals surface area contributed by atoms with Gasteiger partial charge in [-0.25, -0.2) is 0 Å². The number of aromatic amines is 2. The molecule has 0 aliphatic carbocycles. The SMILES string of the molecule is O=C(c1cc2ccc(Cl)cc2[nH]1)N1CCC(O)(c2cn[nH]n2)C1. The number of likely N-dealkylation sites (tertiary alicyclic amines) is 1. The van der Waals surface area contributed by atoms with Crippen LogP contribution in [0.5, 0.6) is 0 Å². The van der Waals surface area contributed by atoms with Gasteiger partial charge in [-0.2, -0.15) is 15.4 Å². The van der Waals surface area contributed by atoms with Crippen molar-refractivity contribution in [1.82, 2.24) is 25.3 Å². The van der Waals surface area contributed by atoms with Gasteiger partial charge in [0.25, 0.3) is 5.91 Å². The minimum atomic E-state index is -1.15. The molecule has 8 heteroatoms. The predicted octanol–water partition coefficient (Wildman–Crippen LogP) is 1.67. The van der Waals surface area contributed by atoms with E-state index in [9.17, 15) is 9.90 Å². The molecule has 3 heterocycles. The third-order valence-corrected chi connectivity index (χ3v) is 4.48. The number of aromatic nitrogens is 4. The lowest BCUT2D eigenvalue weighted by atomic mass is 10.00. The van der Waals surface area contributed by atoms with E-state index in [0.717, 1.165) is 10.9 Å². The number of β-amino-alcohol motifs (C(OH)–C–C–N with tert-alkyl or cyclic N) is 1. The maximum absolute atomic E-state index is 12.7. The standard InChI is InChI=1S/C15H14ClN5O2/c16-10-2-1-9-5-12(18-11(9)6-10)14(22)21-4-3-15(23,8-21)13-7-17-20-19-13/h1-2,5-7,18,23H,3-4,8H2,(H,17,19,20). The molecule has 0 saturated carbocycles. The van der Waals surface area contributed by atoms with Crippen LogP contribution >= 0.6 is 11.6 Å². The first-order valence-electron chi connectivity index (χ1n) is 7.21. The highest BCUT2D eigenvalue weighted by Gasteiger charge is 2.42. The molecular formula is C15H14ClN5O2. The first-order chi connectivity index (χ1) is 11.0. The second-order valence-corrected chi connectivity index (χ2v) is 6.21. The number of carbonyl (C=O) groups is 1. The van der Waals surface area contributed by atoms with Gasteiger partial charge in [-0.05, 0) is 18.2 Å². The Kier molecular flexibility index (Phi) is 3.14. The zero-order valence-electron chi connectivity index (χ0n) is 12.1. The molecule has 1 fully saturated rings. The van der Waals surface area contributed by atoms with Gasteiger partial charge in [0, 0.05) is 28.9 Å². The summed E-state index contributed by atoms with van der Waals surface area (Å²) < 4.78 is 0. The maximum Gasteiger partial charge on any atom is 0.270 e. The van der Waals surface area contributed by atoms with Crippen molar-refractivity contribution in [1.29, 1.82) is 0 Å². The summed E-state index contributed by atoms with van der Waals surface area (Å²) in [6.07, 6.45) is 1.91. The molecular weight excluding hydrogens is 318 g/mol. The molecule has 2 aromatic heterocycles. The molecule has 1 aliphatic rings. The minimum absolute atomic E-state index is 0.156. The number of fused-ring (bicyclic) bond motifs is 1. The molecule has 1 saturated heterocycles. The summed E-state index contributed by atoms with van der Waals surface area (Å²) in [5, 5.41) is 22.3. The lowest BCUT2D eigenvalue weighted by Gasteiger charge is -2.20. The lowest BCUT2D eigenvalue weighted by molar-refractivity contribution is 0.0381. The number of halogens is 1. The molecule has 4 rings (SSSR count). The third-order valence-electron chi connectivity index (χ3n) is 4.24. The van der Waals surface area contributed by atoms with Crippen LogP contribution in [0, 0.1) is 0 Å². The van der Waals surface area contributed by atoms with Crippen LogP contribution in [0.4, 0.5) is 0 Å². The van der Waals surface area contributed by atoms with E-state index in [1.807, 2.05) is 6.07 Å². The molecule has 7 nitrogen and oxygen atoms in total. The van der Waals surface area contributed by atoms with E-state index in [2.05, 4.69) is 20.4 Å². The molecule has 118 valence electrons. The molecule has 0 spiro atoms. The van der Waals surface area contributed by atoms with Gasteiger partial charge in [0.2, 0.25) is 0 Å². The Balaban J connectivity index is 1.59. The monoisotopic (exact) mass is 331 g/mol. The summed E-state index contributed by atoms with van der Waals surface area (Å²) in [7, 11) is 0. The van der Waals surface area contributed by atoms with Crippen LogP contribution in [-0.4, -0.2) is 49.4 Å². The van der Waals surface area contributed by atoms with Crippen molar-refractivity contribution < 1.29 is 9.90 Å². The van der Waals surface area contributed by atoms with Crippen LogP contribution in [0.1, 0.15) is 22.6 Å². The molecule has 1 aliphatic heterocycles. The summed E-state index contributed by atoms with van der Waals surface area (Å²) >= 11 is 5.96. The van der Waals surface area contributed by atoms with Gasteiger partial charge in [0.15, 0.2) is 0 Å². The second kappa shape index (κ2) is 5.07. The van der Waals surface area contributed by atoms with Gasteiger partial charge in [-0.15, -0.1) is 0 Å².